The molecule has 88 valence electrons. The maximum atomic E-state index is 10.7. The molecule has 1 amide bonds. The minimum absolute atomic E-state index is 0.147. The summed E-state index contributed by atoms with van der Waals surface area (Å²) in [4.78, 5) is 10.7. The number of carbonyl (C=O) groups is 1. The van der Waals surface area contributed by atoms with E-state index in [1.807, 2.05) is 6.92 Å². The summed E-state index contributed by atoms with van der Waals surface area (Å²) in [5.74, 6) is 0.00261. The third-order valence-electron chi connectivity index (χ3n) is 2.11. The van der Waals surface area contributed by atoms with Gasteiger partial charge in [0.05, 0.1) is 0 Å². The van der Waals surface area contributed by atoms with Crippen LogP contribution in [0, 0.1) is 0 Å². The van der Waals surface area contributed by atoms with Crippen molar-refractivity contribution in [1.82, 2.24) is 10.2 Å². The largest absolute Gasteiger partial charge is 0.396 e. The molecule has 0 fully saturated rings. The van der Waals surface area contributed by atoms with Crippen molar-refractivity contribution in [1.29, 1.82) is 0 Å². The first kappa shape index (κ1) is 12.4. The smallest absolute Gasteiger partial charge is 0.269 e. The lowest BCUT2D eigenvalue weighted by molar-refractivity contribution is 0.0994. The third-order valence-corrected chi connectivity index (χ3v) is 2.11. The Balaban J connectivity index is 2.51. The monoisotopic (exact) mass is 224 g/mol. The van der Waals surface area contributed by atoms with E-state index < -0.39 is 5.91 Å². The van der Waals surface area contributed by atoms with Crippen LogP contribution in [0.1, 0.15) is 30.3 Å². The molecule has 1 atom stereocenters. The molecule has 0 saturated carbocycles. The summed E-state index contributed by atoms with van der Waals surface area (Å²) in [5.41, 5.74) is 5.19. The van der Waals surface area contributed by atoms with E-state index in [2.05, 4.69) is 15.5 Å². The summed E-state index contributed by atoms with van der Waals surface area (Å²) in [6, 6.07) is 3.37. The van der Waals surface area contributed by atoms with Crippen LogP contribution in [0.25, 0.3) is 0 Å². The number of anilines is 1. The second kappa shape index (κ2) is 6.02. The van der Waals surface area contributed by atoms with Crippen molar-refractivity contribution < 1.29 is 9.90 Å². The number of rotatable bonds is 6. The van der Waals surface area contributed by atoms with Gasteiger partial charge in [-0.3, -0.25) is 4.79 Å². The van der Waals surface area contributed by atoms with Gasteiger partial charge in [0.2, 0.25) is 0 Å². The van der Waals surface area contributed by atoms with Gasteiger partial charge in [-0.15, -0.1) is 10.2 Å². The minimum Gasteiger partial charge on any atom is -0.396 e. The Morgan fingerprint density at radius 3 is 2.81 bits per heavy atom. The predicted molar refractivity (Wildman–Crippen MR) is 60.0 cm³/mol. The summed E-state index contributed by atoms with van der Waals surface area (Å²) in [6.07, 6.45) is 1.58. The molecule has 6 nitrogen and oxygen atoms in total. The molecule has 0 bridgehead atoms. The Labute approximate surface area is 93.9 Å². The Kier molecular flexibility index (Phi) is 4.65. The van der Waals surface area contributed by atoms with E-state index in [-0.39, 0.29) is 18.3 Å². The van der Waals surface area contributed by atoms with Crippen LogP contribution in [-0.4, -0.2) is 33.9 Å². The van der Waals surface area contributed by atoms with Gasteiger partial charge >= 0.3 is 0 Å². The molecule has 4 N–H and O–H groups in total. The zero-order chi connectivity index (χ0) is 12.0. The molecule has 0 aliphatic heterocycles. The molecule has 16 heavy (non-hydrogen) atoms. The van der Waals surface area contributed by atoms with Crippen LogP contribution >= 0.6 is 0 Å². The number of nitrogens with zero attached hydrogens (tertiary/aromatic N) is 2. The number of aliphatic hydroxyl groups excluding tert-OH is 1. The standard InChI is InChI=1S/C10H16N4O2/c1-7(3-2-6-15)12-9-5-4-8(10(11)16)13-14-9/h4-5,7,15H,2-3,6H2,1H3,(H2,11,16)(H,12,14). The van der Waals surface area contributed by atoms with E-state index in [1.165, 1.54) is 6.07 Å². The number of hydrogen-bond acceptors (Lipinski definition) is 5. The van der Waals surface area contributed by atoms with Crippen molar-refractivity contribution in [3.8, 4) is 0 Å². The van der Waals surface area contributed by atoms with E-state index in [4.69, 9.17) is 10.8 Å². The van der Waals surface area contributed by atoms with Gasteiger partial charge in [-0.05, 0) is 31.9 Å². The fourth-order valence-corrected chi connectivity index (χ4v) is 1.26. The molecule has 1 rings (SSSR count). The molecule has 1 unspecified atom stereocenters. The van der Waals surface area contributed by atoms with E-state index in [0.717, 1.165) is 12.8 Å². The lowest BCUT2D eigenvalue weighted by atomic mass is 10.2. The van der Waals surface area contributed by atoms with Crippen molar-refractivity contribution in [2.75, 3.05) is 11.9 Å². The van der Waals surface area contributed by atoms with Crippen molar-refractivity contribution in [2.45, 2.75) is 25.8 Å². The number of hydrogen-bond donors (Lipinski definition) is 3. The third kappa shape index (κ3) is 3.82. The van der Waals surface area contributed by atoms with Gasteiger partial charge in [0.1, 0.15) is 5.82 Å². The van der Waals surface area contributed by atoms with E-state index in [0.29, 0.717) is 5.82 Å². The average Bonchev–Trinajstić information content (AvgIpc) is 2.27. The molecule has 0 radical (unpaired) electrons. The number of carbonyl (C=O) groups excluding carboxylic acids is 1. The number of aromatic nitrogens is 2. The van der Waals surface area contributed by atoms with Gasteiger partial charge in [-0.1, -0.05) is 0 Å². The van der Waals surface area contributed by atoms with Gasteiger partial charge < -0.3 is 16.2 Å². The normalized spacial score (nSPS) is 12.1. The summed E-state index contributed by atoms with van der Waals surface area (Å²) >= 11 is 0. The van der Waals surface area contributed by atoms with Crippen LogP contribution in [0.4, 0.5) is 5.82 Å². The fourth-order valence-electron chi connectivity index (χ4n) is 1.26. The maximum absolute atomic E-state index is 10.7. The van der Waals surface area contributed by atoms with Crippen molar-refractivity contribution in [3.05, 3.63) is 17.8 Å². The highest BCUT2D eigenvalue weighted by Gasteiger charge is 2.05. The highest BCUT2D eigenvalue weighted by atomic mass is 16.2. The Morgan fingerprint density at radius 1 is 1.56 bits per heavy atom. The highest BCUT2D eigenvalue weighted by molar-refractivity contribution is 5.90. The number of nitrogens with two attached hydrogens (primary N) is 1. The van der Waals surface area contributed by atoms with E-state index >= 15 is 0 Å². The number of primary amides is 1. The van der Waals surface area contributed by atoms with Crippen LogP contribution < -0.4 is 11.1 Å². The predicted octanol–water partition coefficient (Wildman–Crippen LogP) is 0.148. The molecule has 0 aliphatic carbocycles. The lowest BCUT2D eigenvalue weighted by Gasteiger charge is -2.12. The van der Waals surface area contributed by atoms with Crippen molar-refractivity contribution in [2.24, 2.45) is 5.73 Å². The molecular weight excluding hydrogens is 208 g/mol. The van der Waals surface area contributed by atoms with Crippen LogP contribution in [0.15, 0.2) is 12.1 Å². The second-order valence-electron chi connectivity index (χ2n) is 3.58. The quantitative estimate of drug-likeness (QED) is 0.638. The molecule has 0 aliphatic rings. The number of nitrogens with one attached hydrogen (secondary N) is 1. The van der Waals surface area contributed by atoms with Gasteiger partial charge in [0.15, 0.2) is 5.69 Å². The van der Waals surface area contributed by atoms with Gasteiger partial charge in [-0.25, -0.2) is 0 Å². The Morgan fingerprint density at radius 2 is 2.31 bits per heavy atom. The first-order valence-corrected chi connectivity index (χ1v) is 5.14. The molecule has 0 aromatic carbocycles. The number of amides is 1. The molecule has 6 heteroatoms. The topological polar surface area (TPSA) is 101 Å². The molecule has 0 saturated heterocycles. The van der Waals surface area contributed by atoms with Gasteiger partial charge in [0.25, 0.3) is 5.91 Å². The highest BCUT2D eigenvalue weighted by Crippen LogP contribution is 2.06. The minimum atomic E-state index is -0.590. The zero-order valence-electron chi connectivity index (χ0n) is 9.18. The molecule has 1 aromatic heterocycles. The summed E-state index contributed by atoms with van der Waals surface area (Å²) in [5, 5.41) is 19.3. The Hall–Kier alpha value is -1.69. The van der Waals surface area contributed by atoms with Crippen LogP contribution in [0.2, 0.25) is 0 Å². The summed E-state index contributed by atoms with van der Waals surface area (Å²) < 4.78 is 0. The van der Waals surface area contributed by atoms with E-state index in [9.17, 15) is 4.79 Å². The SMILES string of the molecule is CC(CCCO)Nc1ccc(C(N)=O)nn1. The zero-order valence-corrected chi connectivity index (χ0v) is 9.18. The lowest BCUT2D eigenvalue weighted by Crippen LogP contribution is -2.18. The summed E-state index contributed by atoms with van der Waals surface area (Å²) in [7, 11) is 0. The second-order valence-corrected chi connectivity index (χ2v) is 3.58. The fraction of sp³-hybridized carbons (Fsp3) is 0.500. The maximum Gasteiger partial charge on any atom is 0.269 e. The van der Waals surface area contributed by atoms with Crippen molar-refractivity contribution >= 4 is 11.7 Å². The first-order valence-electron chi connectivity index (χ1n) is 5.14. The molecule has 1 aromatic rings. The molecular formula is C10H16N4O2. The van der Waals surface area contributed by atoms with Crippen LogP contribution in [-0.2, 0) is 0 Å². The van der Waals surface area contributed by atoms with Crippen LogP contribution in [0.3, 0.4) is 0 Å². The van der Waals surface area contributed by atoms with Gasteiger partial charge in [-0.2, -0.15) is 0 Å². The van der Waals surface area contributed by atoms with Gasteiger partial charge in [0, 0.05) is 12.6 Å². The van der Waals surface area contributed by atoms with E-state index in [1.54, 1.807) is 6.07 Å². The van der Waals surface area contributed by atoms with Crippen LogP contribution in [0.5, 0.6) is 0 Å². The molecule has 0 spiro atoms. The first-order chi connectivity index (χ1) is 7.63. The number of aliphatic hydroxyl groups is 1. The average molecular weight is 224 g/mol. The summed E-state index contributed by atoms with van der Waals surface area (Å²) in [6.45, 7) is 2.16. The molecule has 1 heterocycles. The Bertz CT molecular complexity index is 339. The van der Waals surface area contributed by atoms with Crippen molar-refractivity contribution in [3.63, 3.8) is 0 Å².